The van der Waals surface area contributed by atoms with Gasteiger partial charge in [0, 0.05) is 47.9 Å². The standard InChI is InChI=1S/C25H37FN4O3S/c1-25(2,3)17-4-7-19(8-5-17)29-12-10-20(11-13-29)30-23-9-6-18(26)14-21(23)22(15-27)24(30)16-33-34(28,31)32/h6,9,14-15,17,19-20,27H,4-5,7-8,10-13,16H2,1-3H3,(H2,28,31,32)/t17-,19+. The molecule has 2 fully saturated rings. The Bertz CT molecular complexity index is 1140. The zero-order valence-electron chi connectivity index (χ0n) is 20.4. The van der Waals surface area contributed by atoms with E-state index in [4.69, 9.17) is 14.7 Å². The Morgan fingerprint density at radius 1 is 1.12 bits per heavy atom. The lowest BCUT2D eigenvalue weighted by Gasteiger charge is -2.43. The minimum Gasteiger partial charge on any atom is -0.339 e. The lowest BCUT2D eigenvalue weighted by atomic mass is 9.71. The van der Waals surface area contributed by atoms with Gasteiger partial charge in [-0.05, 0) is 68.1 Å². The maximum Gasteiger partial charge on any atom is 0.333 e. The summed E-state index contributed by atoms with van der Waals surface area (Å²) in [6, 6.07) is 5.24. The van der Waals surface area contributed by atoms with E-state index in [0.29, 0.717) is 28.1 Å². The van der Waals surface area contributed by atoms with Crippen LogP contribution in [0.3, 0.4) is 0 Å². The number of likely N-dealkylation sites (tertiary alicyclic amines) is 1. The Balaban J connectivity index is 1.54. The highest BCUT2D eigenvalue weighted by Gasteiger charge is 2.34. The molecular weight excluding hydrogens is 455 g/mol. The second kappa shape index (κ2) is 9.68. The second-order valence-corrected chi connectivity index (χ2v) is 12.2. The fraction of sp³-hybridized carbons (Fsp3) is 0.640. The van der Waals surface area contributed by atoms with Crippen molar-refractivity contribution in [1.82, 2.24) is 9.47 Å². The normalized spacial score (nSPS) is 23.4. The van der Waals surface area contributed by atoms with Crippen molar-refractivity contribution < 1.29 is 17.0 Å². The van der Waals surface area contributed by atoms with Gasteiger partial charge < -0.3 is 14.9 Å². The molecule has 3 N–H and O–H groups in total. The van der Waals surface area contributed by atoms with Crippen LogP contribution in [0.25, 0.3) is 10.9 Å². The minimum absolute atomic E-state index is 0.114. The Morgan fingerprint density at radius 3 is 2.32 bits per heavy atom. The Morgan fingerprint density at radius 2 is 1.76 bits per heavy atom. The molecule has 1 aromatic carbocycles. The van der Waals surface area contributed by atoms with Crippen molar-refractivity contribution in [1.29, 1.82) is 5.41 Å². The maximum atomic E-state index is 14.0. The summed E-state index contributed by atoms with van der Waals surface area (Å²) in [5.74, 6) is 0.390. The third kappa shape index (κ3) is 5.37. The molecule has 2 heterocycles. The van der Waals surface area contributed by atoms with Crippen molar-refractivity contribution in [2.24, 2.45) is 16.5 Å². The van der Waals surface area contributed by atoms with Crippen LogP contribution in [0.5, 0.6) is 0 Å². The number of benzene rings is 1. The van der Waals surface area contributed by atoms with Crippen molar-refractivity contribution in [3.05, 3.63) is 35.3 Å². The number of piperidine rings is 1. The first-order chi connectivity index (χ1) is 16.0. The zero-order chi connectivity index (χ0) is 24.7. The van der Waals surface area contributed by atoms with Crippen LogP contribution in [0, 0.1) is 22.6 Å². The van der Waals surface area contributed by atoms with Crippen molar-refractivity contribution in [2.75, 3.05) is 13.1 Å². The van der Waals surface area contributed by atoms with E-state index < -0.39 is 16.1 Å². The van der Waals surface area contributed by atoms with Gasteiger partial charge in [0.15, 0.2) is 0 Å². The van der Waals surface area contributed by atoms with Crippen LogP contribution in [-0.4, -0.2) is 43.2 Å². The Kier molecular flexibility index (Phi) is 7.20. The van der Waals surface area contributed by atoms with Crippen LogP contribution in [0.1, 0.15) is 76.6 Å². The van der Waals surface area contributed by atoms with Crippen molar-refractivity contribution >= 4 is 27.4 Å². The summed E-state index contributed by atoms with van der Waals surface area (Å²) >= 11 is 0. The van der Waals surface area contributed by atoms with Gasteiger partial charge in [0.1, 0.15) is 12.4 Å². The SMILES string of the molecule is CC(C)(C)[C@H]1CC[C@@H](N2CCC(n3c(COS(N)(=O)=O)c(C=N)c4cc(F)ccc43)CC2)CC1. The molecule has 34 heavy (non-hydrogen) atoms. The second-order valence-electron chi connectivity index (χ2n) is 10.9. The number of hydrogen-bond donors (Lipinski definition) is 2. The third-order valence-electron chi connectivity index (χ3n) is 7.92. The number of nitrogens with one attached hydrogen (secondary N) is 1. The van der Waals surface area contributed by atoms with Crippen LogP contribution in [0.2, 0.25) is 0 Å². The van der Waals surface area contributed by atoms with Gasteiger partial charge in [0.05, 0.1) is 5.69 Å². The first kappa shape index (κ1) is 25.3. The van der Waals surface area contributed by atoms with Gasteiger partial charge in [-0.25, -0.2) is 9.53 Å². The van der Waals surface area contributed by atoms with Crippen molar-refractivity contribution in [3.63, 3.8) is 0 Å². The van der Waals surface area contributed by atoms with E-state index in [1.165, 1.54) is 37.8 Å². The van der Waals surface area contributed by atoms with E-state index >= 15 is 0 Å². The molecule has 0 atom stereocenters. The van der Waals surface area contributed by atoms with E-state index in [0.717, 1.165) is 43.6 Å². The van der Waals surface area contributed by atoms with E-state index in [1.807, 2.05) is 4.57 Å². The fourth-order valence-electron chi connectivity index (χ4n) is 6.04. The number of rotatable bonds is 6. The fourth-order valence-corrected chi connectivity index (χ4v) is 6.32. The summed E-state index contributed by atoms with van der Waals surface area (Å²) in [6.45, 7) is 8.68. The van der Waals surface area contributed by atoms with Crippen LogP contribution >= 0.6 is 0 Å². The molecule has 1 aliphatic heterocycles. The summed E-state index contributed by atoms with van der Waals surface area (Å²) in [5, 5.41) is 13.6. The third-order valence-corrected chi connectivity index (χ3v) is 8.36. The average molecular weight is 493 g/mol. The quantitative estimate of drug-likeness (QED) is 0.569. The number of halogens is 1. The van der Waals surface area contributed by atoms with E-state index in [2.05, 4.69) is 25.7 Å². The summed E-state index contributed by atoms with van der Waals surface area (Å²) in [4.78, 5) is 2.61. The monoisotopic (exact) mass is 492 g/mol. The number of nitrogens with zero attached hydrogens (tertiary/aromatic N) is 2. The van der Waals surface area contributed by atoms with Crippen LogP contribution in [0.4, 0.5) is 4.39 Å². The predicted octanol–water partition coefficient (Wildman–Crippen LogP) is 4.74. The highest BCUT2D eigenvalue weighted by atomic mass is 32.2. The van der Waals surface area contributed by atoms with Gasteiger partial charge in [-0.15, -0.1) is 0 Å². The lowest BCUT2D eigenvalue weighted by Crippen LogP contribution is -2.44. The van der Waals surface area contributed by atoms with E-state index in [-0.39, 0.29) is 12.6 Å². The smallest absolute Gasteiger partial charge is 0.333 e. The number of hydrogen-bond acceptors (Lipinski definition) is 5. The van der Waals surface area contributed by atoms with Crippen molar-refractivity contribution in [3.8, 4) is 0 Å². The number of nitrogens with two attached hydrogens (primary N) is 1. The van der Waals surface area contributed by atoms with Gasteiger partial charge in [-0.3, -0.25) is 4.18 Å². The number of fused-ring (bicyclic) bond motifs is 1. The Hall–Kier alpha value is -1.81. The number of aromatic nitrogens is 1. The Labute approximate surface area is 202 Å². The molecule has 1 aromatic heterocycles. The minimum atomic E-state index is -4.15. The molecule has 1 saturated carbocycles. The topological polar surface area (TPSA) is 101 Å². The highest BCUT2D eigenvalue weighted by Crippen LogP contribution is 2.40. The lowest BCUT2D eigenvalue weighted by molar-refractivity contribution is 0.0716. The molecule has 188 valence electrons. The largest absolute Gasteiger partial charge is 0.339 e. The molecule has 0 amide bonds. The highest BCUT2D eigenvalue weighted by molar-refractivity contribution is 7.84. The van der Waals surface area contributed by atoms with Crippen molar-refractivity contribution in [2.45, 2.75) is 78.0 Å². The first-order valence-corrected chi connectivity index (χ1v) is 13.7. The molecule has 9 heteroatoms. The molecule has 2 aromatic rings. The molecule has 1 saturated heterocycles. The molecule has 0 spiro atoms. The van der Waals surface area contributed by atoms with Gasteiger partial charge in [-0.1, -0.05) is 20.8 Å². The van der Waals surface area contributed by atoms with Crippen LogP contribution in [-0.2, 0) is 21.1 Å². The van der Waals surface area contributed by atoms with Gasteiger partial charge >= 0.3 is 10.3 Å². The molecule has 0 bridgehead atoms. The van der Waals surface area contributed by atoms with Gasteiger partial charge in [-0.2, -0.15) is 8.42 Å². The zero-order valence-corrected chi connectivity index (χ0v) is 21.2. The average Bonchev–Trinajstić information content (AvgIpc) is 3.09. The predicted molar refractivity (Wildman–Crippen MR) is 133 cm³/mol. The maximum absolute atomic E-state index is 14.0. The van der Waals surface area contributed by atoms with E-state index in [9.17, 15) is 12.8 Å². The molecule has 0 radical (unpaired) electrons. The summed E-state index contributed by atoms with van der Waals surface area (Å²) in [5.41, 5.74) is 2.18. The molecule has 2 aliphatic rings. The first-order valence-electron chi connectivity index (χ1n) is 12.2. The van der Waals surface area contributed by atoms with E-state index in [1.54, 1.807) is 6.07 Å². The van der Waals surface area contributed by atoms with Gasteiger partial charge in [0.25, 0.3) is 0 Å². The molecule has 7 nitrogen and oxygen atoms in total. The van der Waals surface area contributed by atoms with Crippen LogP contribution < -0.4 is 5.14 Å². The molecule has 0 unspecified atom stereocenters. The van der Waals surface area contributed by atoms with Gasteiger partial charge in [0.2, 0.25) is 0 Å². The summed E-state index contributed by atoms with van der Waals surface area (Å²) in [7, 11) is -4.15. The molecular formula is C25H37FN4O3S. The van der Waals surface area contributed by atoms with Crippen LogP contribution in [0.15, 0.2) is 18.2 Å². The molecule has 1 aliphatic carbocycles. The summed E-state index contributed by atoms with van der Waals surface area (Å²) in [6.07, 6.45) is 7.98. The summed E-state index contributed by atoms with van der Waals surface area (Å²) < 4.78 is 44.0. The molecule has 4 rings (SSSR count).